The SMILES string of the molecule is CC(C)(C)C(C=O)CF. The van der Waals surface area contributed by atoms with Crippen molar-refractivity contribution in [2.75, 3.05) is 6.67 Å². The van der Waals surface area contributed by atoms with Crippen LogP contribution in [0.4, 0.5) is 4.39 Å². The molecule has 0 saturated carbocycles. The summed E-state index contributed by atoms with van der Waals surface area (Å²) in [7, 11) is 0. The lowest BCUT2D eigenvalue weighted by Gasteiger charge is -2.22. The number of halogens is 1. The summed E-state index contributed by atoms with van der Waals surface area (Å²) in [6.45, 7) is 5.01. The fraction of sp³-hybridized carbons (Fsp3) is 0.857. The second kappa shape index (κ2) is 2.95. The first-order valence-electron chi connectivity index (χ1n) is 3.03. The van der Waals surface area contributed by atoms with Gasteiger partial charge in [-0.15, -0.1) is 0 Å². The van der Waals surface area contributed by atoms with Crippen LogP contribution in [0.1, 0.15) is 20.8 Å². The highest BCUT2D eigenvalue weighted by molar-refractivity contribution is 5.54. The van der Waals surface area contributed by atoms with Crippen molar-refractivity contribution in [3.63, 3.8) is 0 Å². The van der Waals surface area contributed by atoms with Crippen molar-refractivity contribution < 1.29 is 9.18 Å². The summed E-state index contributed by atoms with van der Waals surface area (Å²) in [5.41, 5.74) is -0.226. The maximum absolute atomic E-state index is 11.9. The molecule has 0 N–H and O–H groups in total. The number of hydrogen-bond donors (Lipinski definition) is 0. The fourth-order valence-electron chi connectivity index (χ4n) is 0.472. The quantitative estimate of drug-likeness (QED) is 0.524. The summed E-state index contributed by atoms with van der Waals surface area (Å²) in [6, 6.07) is 0. The van der Waals surface area contributed by atoms with Gasteiger partial charge in [-0.25, -0.2) is 0 Å². The molecule has 1 unspecified atom stereocenters. The molecule has 0 spiro atoms. The molecular formula is C7H13FO. The molecule has 0 amide bonds. The van der Waals surface area contributed by atoms with Crippen molar-refractivity contribution in [2.24, 2.45) is 11.3 Å². The molecule has 0 aliphatic rings. The molecule has 0 heterocycles. The molecule has 0 rings (SSSR count). The van der Waals surface area contributed by atoms with E-state index >= 15 is 0 Å². The minimum absolute atomic E-state index is 0.226. The van der Waals surface area contributed by atoms with Gasteiger partial charge in [0.15, 0.2) is 0 Å². The van der Waals surface area contributed by atoms with Crippen molar-refractivity contribution in [1.82, 2.24) is 0 Å². The van der Waals surface area contributed by atoms with Gasteiger partial charge in [-0.3, -0.25) is 4.39 Å². The monoisotopic (exact) mass is 132 g/mol. The maximum atomic E-state index is 11.9. The lowest BCUT2D eigenvalue weighted by atomic mass is 9.83. The zero-order valence-electron chi connectivity index (χ0n) is 6.15. The predicted octanol–water partition coefficient (Wildman–Crippen LogP) is 1.82. The van der Waals surface area contributed by atoms with Crippen LogP contribution in [0.25, 0.3) is 0 Å². The first-order valence-corrected chi connectivity index (χ1v) is 3.03. The summed E-state index contributed by atoms with van der Waals surface area (Å²) in [6.07, 6.45) is 0.681. The lowest BCUT2D eigenvalue weighted by molar-refractivity contribution is -0.114. The number of carbonyl (C=O) groups is 1. The van der Waals surface area contributed by atoms with E-state index < -0.39 is 12.6 Å². The zero-order valence-corrected chi connectivity index (χ0v) is 6.15. The Morgan fingerprint density at radius 1 is 1.56 bits per heavy atom. The van der Waals surface area contributed by atoms with E-state index in [9.17, 15) is 9.18 Å². The van der Waals surface area contributed by atoms with E-state index in [0.29, 0.717) is 6.29 Å². The molecule has 1 atom stereocenters. The van der Waals surface area contributed by atoms with Crippen LogP contribution in [0.5, 0.6) is 0 Å². The molecule has 0 fully saturated rings. The van der Waals surface area contributed by atoms with Gasteiger partial charge < -0.3 is 4.79 Å². The van der Waals surface area contributed by atoms with Crippen LogP contribution in [0.3, 0.4) is 0 Å². The third-order valence-electron chi connectivity index (χ3n) is 1.44. The molecule has 9 heavy (non-hydrogen) atoms. The number of aldehydes is 1. The van der Waals surface area contributed by atoms with Gasteiger partial charge in [0, 0.05) is 5.92 Å². The van der Waals surface area contributed by atoms with Crippen LogP contribution >= 0.6 is 0 Å². The first kappa shape index (κ1) is 8.60. The second-order valence-corrected chi connectivity index (χ2v) is 3.26. The van der Waals surface area contributed by atoms with E-state index in [1.54, 1.807) is 0 Å². The van der Waals surface area contributed by atoms with Crippen molar-refractivity contribution >= 4 is 6.29 Å². The largest absolute Gasteiger partial charge is 0.303 e. The molecule has 2 heteroatoms. The minimum atomic E-state index is -0.549. The Morgan fingerprint density at radius 3 is 2.00 bits per heavy atom. The Morgan fingerprint density at radius 2 is 2.00 bits per heavy atom. The minimum Gasteiger partial charge on any atom is -0.303 e. The summed E-state index contributed by atoms with van der Waals surface area (Å²) >= 11 is 0. The highest BCUT2D eigenvalue weighted by atomic mass is 19.1. The third-order valence-corrected chi connectivity index (χ3v) is 1.44. The number of hydrogen-bond acceptors (Lipinski definition) is 1. The van der Waals surface area contributed by atoms with Crippen LogP contribution < -0.4 is 0 Å². The van der Waals surface area contributed by atoms with Gasteiger partial charge in [0.25, 0.3) is 0 Å². The molecule has 0 aromatic rings. The highest BCUT2D eigenvalue weighted by Gasteiger charge is 2.23. The Hall–Kier alpha value is -0.400. The smallest absolute Gasteiger partial charge is 0.126 e. The highest BCUT2D eigenvalue weighted by Crippen LogP contribution is 2.23. The van der Waals surface area contributed by atoms with E-state index in [0.717, 1.165) is 0 Å². The Labute approximate surface area is 55.3 Å². The van der Waals surface area contributed by atoms with Crippen LogP contribution in [0.2, 0.25) is 0 Å². The summed E-state index contributed by atoms with van der Waals surface area (Å²) in [5.74, 6) is -0.447. The van der Waals surface area contributed by atoms with Crippen LogP contribution in [-0.4, -0.2) is 13.0 Å². The fourth-order valence-corrected chi connectivity index (χ4v) is 0.472. The number of rotatable bonds is 2. The lowest BCUT2D eigenvalue weighted by Crippen LogP contribution is -2.23. The van der Waals surface area contributed by atoms with Crippen LogP contribution in [0, 0.1) is 11.3 Å². The summed E-state index contributed by atoms with van der Waals surface area (Å²) in [4.78, 5) is 10.1. The van der Waals surface area contributed by atoms with Crippen molar-refractivity contribution in [3.05, 3.63) is 0 Å². The summed E-state index contributed by atoms with van der Waals surface area (Å²) < 4.78 is 11.9. The van der Waals surface area contributed by atoms with Crippen molar-refractivity contribution in [1.29, 1.82) is 0 Å². The molecule has 54 valence electrons. The maximum Gasteiger partial charge on any atom is 0.126 e. The van der Waals surface area contributed by atoms with Gasteiger partial charge in [0.05, 0.1) is 6.67 Å². The molecule has 0 bridgehead atoms. The average Bonchev–Trinajstić information content (AvgIpc) is 1.65. The van der Waals surface area contributed by atoms with E-state index in [1.165, 1.54) is 0 Å². The predicted molar refractivity (Wildman–Crippen MR) is 35.0 cm³/mol. The molecule has 0 saturated heterocycles. The number of carbonyl (C=O) groups excluding carboxylic acids is 1. The first-order chi connectivity index (χ1) is 4.02. The van der Waals surface area contributed by atoms with E-state index in [1.807, 2.05) is 20.8 Å². The van der Waals surface area contributed by atoms with Crippen LogP contribution in [-0.2, 0) is 4.79 Å². The molecule has 0 aromatic carbocycles. The molecule has 0 aliphatic heterocycles. The number of alkyl halides is 1. The molecular weight excluding hydrogens is 119 g/mol. The van der Waals surface area contributed by atoms with Gasteiger partial charge in [-0.2, -0.15) is 0 Å². The van der Waals surface area contributed by atoms with Gasteiger partial charge in [0.1, 0.15) is 6.29 Å². The third kappa shape index (κ3) is 2.59. The van der Waals surface area contributed by atoms with Gasteiger partial charge in [-0.05, 0) is 5.41 Å². The Balaban J connectivity index is 3.94. The van der Waals surface area contributed by atoms with Crippen molar-refractivity contribution in [2.45, 2.75) is 20.8 Å². The Kier molecular flexibility index (Phi) is 2.82. The van der Waals surface area contributed by atoms with Gasteiger partial charge in [-0.1, -0.05) is 20.8 Å². The Bertz CT molecular complexity index is 93.6. The van der Waals surface area contributed by atoms with Crippen LogP contribution in [0.15, 0.2) is 0 Å². The van der Waals surface area contributed by atoms with Gasteiger partial charge >= 0.3 is 0 Å². The zero-order chi connectivity index (χ0) is 7.49. The topological polar surface area (TPSA) is 17.1 Å². The van der Waals surface area contributed by atoms with Crippen molar-refractivity contribution in [3.8, 4) is 0 Å². The molecule has 0 radical (unpaired) electrons. The summed E-state index contributed by atoms with van der Waals surface area (Å²) in [5, 5.41) is 0. The van der Waals surface area contributed by atoms with E-state index in [2.05, 4.69) is 0 Å². The standard InChI is InChI=1S/C7H13FO/c1-7(2,3)6(4-8)5-9/h5-6H,4H2,1-3H3. The normalized spacial score (nSPS) is 15.1. The molecule has 1 nitrogen and oxygen atoms in total. The molecule has 0 aliphatic carbocycles. The second-order valence-electron chi connectivity index (χ2n) is 3.26. The van der Waals surface area contributed by atoms with E-state index in [4.69, 9.17) is 0 Å². The van der Waals surface area contributed by atoms with Gasteiger partial charge in [0.2, 0.25) is 0 Å². The molecule has 0 aromatic heterocycles. The average molecular weight is 132 g/mol. The van der Waals surface area contributed by atoms with E-state index in [-0.39, 0.29) is 5.41 Å².